The minimum Gasteiger partial charge on any atom is -0.491 e. The number of nitrogens with one attached hydrogen (secondary N) is 1. The van der Waals surface area contributed by atoms with Crippen LogP contribution in [0.25, 0.3) is 33.2 Å². The Balaban J connectivity index is 1.61. The molecule has 5 rings (SSSR count). The quantitative estimate of drug-likeness (QED) is 0.365. The Bertz CT molecular complexity index is 1370. The summed E-state index contributed by atoms with van der Waals surface area (Å²) >= 11 is 12.1. The Kier molecular flexibility index (Phi) is 6.50. The molecule has 1 amide bonds. The number of aromatic nitrogens is 2. The maximum atomic E-state index is 11.9. The van der Waals surface area contributed by atoms with Crippen LogP contribution in [0.4, 0.5) is 5.69 Å². The van der Waals surface area contributed by atoms with Crippen LogP contribution in [-0.4, -0.2) is 54.7 Å². The second kappa shape index (κ2) is 9.70. The fraction of sp³-hybridized carbons (Fsp3) is 0.280. The van der Waals surface area contributed by atoms with Crippen molar-refractivity contribution in [3.63, 3.8) is 0 Å². The number of rotatable bonds is 7. The van der Waals surface area contributed by atoms with Crippen molar-refractivity contribution in [1.82, 2.24) is 9.97 Å². The van der Waals surface area contributed by atoms with Gasteiger partial charge in [-0.05, 0) is 48.0 Å². The van der Waals surface area contributed by atoms with Gasteiger partial charge in [-0.2, -0.15) is 0 Å². The van der Waals surface area contributed by atoms with Crippen LogP contribution in [-0.2, 0) is 16.0 Å². The summed E-state index contributed by atoms with van der Waals surface area (Å²) in [5.41, 5.74) is 11.6. The lowest BCUT2D eigenvalue weighted by Crippen LogP contribution is -2.36. The normalized spacial score (nSPS) is 14.1. The minimum absolute atomic E-state index is 0.0970. The van der Waals surface area contributed by atoms with Gasteiger partial charge in [0, 0.05) is 29.7 Å². The smallest absolute Gasteiger partial charge is 0.221 e. The van der Waals surface area contributed by atoms with Gasteiger partial charge in [-0.3, -0.25) is 4.79 Å². The van der Waals surface area contributed by atoms with Gasteiger partial charge in [0.25, 0.3) is 0 Å². The molecular weight excluding hydrogens is 475 g/mol. The van der Waals surface area contributed by atoms with Crippen LogP contribution in [0.5, 0.6) is 5.75 Å². The molecule has 0 saturated carbocycles. The largest absolute Gasteiger partial charge is 0.491 e. The molecule has 34 heavy (non-hydrogen) atoms. The predicted octanol–water partition coefficient (Wildman–Crippen LogP) is 4.52. The molecule has 0 bridgehead atoms. The summed E-state index contributed by atoms with van der Waals surface area (Å²) in [6, 6.07) is 13.7. The zero-order valence-corrected chi connectivity index (χ0v) is 20.0. The SMILES string of the molecule is NC(=O)Cc1cc(-c2ccc(OCCCl)c(Cl)c2)nc2c1[nH]c1cc(N3CCOCC3)ccc12. The number of carbonyl (C=O) groups excluding carboxylic acids is 1. The molecule has 0 spiro atoms. The second-order valence-electron chi connectivity index (χ2n) is 8.17. The third-order valence-electron chi connectivity index (χ3n) is 5.92. The lowest BCUT2D eigenvalue weighted by Gasteiger charge is -2.28. The Morgan fingerprint density at radius 1 is 1.18 bits per heavy atom. The van der Waals surface area contributed by atoms with Gasteiger partial charge in [0.1, 0.15) is 12.4 Å². The molecule has 9 heteroatoms. The van der Waals surface area contributed by atoms with Gasteiger partial charge in [0.05, 0.1) is 52.8 Å². The number of pyridine rings is 1. The number of aromatic amines is 1. The first-order valence-electron chi connectivity index (χ1n) is 11.1. The predicted molar refractivity (Wildman–Crippen MR) is 136 cm³/mol. The number of anilines is 1. The van der Waals surface area contributed by atoms with Gasteiger partial charge in [-0.15, -0.1) is 11.6 Å². The van der Waals surface area contributed by atoms with Crippen molar-refractivity contribution < 1.29 is 14.3 Å². The number of nitrogens with two attached hydrogens (primary N) is 1. The molecule has 1 fully saturated rings. The van der Waals surface area contributed by atoms with Gasteiger partial charge in [0.2, 0.25) is 5.91 Å². The molecular formula is C25H24Cl2N4O3. The van der Waals surface area contributed by atoms with E-state index in [1.807, 2.05) is 12.1 Å². The number of H-pyrrole nitrogens is 1. The Morgan fingerprint density at radius 2 is 2.00 bits per heavy atom. The Morgan fingerprint density at radius 3 is 2.74 bits per heavy atom. The summed E-state index contributed by atoms with van der Waals surface area (Å²) in [5.74, 6) is 0.529. The van der Waals surface area contributed by atoms with Crippen LogP contribution in [0, 0.1) is 0 Å². The van der Waals surface area contributed by atoms with Crippen molar-refractivity contribution in [2.45, 2.75) is 6.42 Å². The van der Waals surface area contributed by atoms with E-state index in [1.54, 1.807) is 12.1 Å². The first-order chi connectivity index (χ1) is 16.5. The lowest BCUT2D eigenvalue weighted by molar-refractivity contribution is -0.117. The molecule has 3 heterocycles. The van der Waals surface area contributed by atoms with Crippen LogP contribution in [0.1, 0.15) is 5.56 Å². The number of carbonyl (C=O) groups is 1. The Hall–Kier alpha value is -3.00. The fourth-order valence-corrected chi connectivity index (χ4v) is 4.64. The third-order valence-corrected chi connectivity index (χ3v) is 6.37. The van der Waals surface area contributed by atoms with Gasteiger partial charge in [-0.25, -0.2) is 4.98 Å². The number of amides is 1. The number of morpholine rings is 1. The van der Waals surface area contributed by atoms with E-state index < -0.39 is 5.91 Å². The molecule has 0 unspecified atom stereocenters. The fourth-order valence-electron chi connectivity index (χ4n) is 4.33. The molecule has 1 aliphatic rings. The molecule has 0 atom stereocenters. The molecule has 1 saturated heterocycles. The summed E-state index contributed by atoms with van der Waals surface area (Å²) in [7, 11) is 0. The number of hydrogen-bond donors (Lipinski definition) is 2. The number of hydrogen-bond acceptors (Lipinski definition) is 5. The maximum Gasteiger partial charge on any atom is 0.221 e. The van der Waals surface area contributed by atoms with E-state index in [2.05, 4.69) is 28.1 Å². The molecule has 0 aliphatic carbocycles. The summed E-state index contributed by atoms with van der Waals surface area (Å²) < 4.78 is 11.0. The lowest BCUT2D eigenvalue weighted by atomic mass is 10.0. The zero-order valence-electron chi connectivity index (χ0n) is 18.4. The number of ether oxygens (including phenoxy) is 2. The zero-order chi connectivity index (χ0) is 23.7. The molecule has 1 aliphatic heterocycles. The second-order valence-corrected chi connectivity index (χ2v) is 8.96. The van der Waals surface area contributed by atoms with Crippen LogP contribution in [0.2, 0.25) is 5.02 Å². The van der Waals surface area contributed by atoms with Crippen molar-refractivity contribution in [1.29, 1.82) is 0 Å². The van der Waals surface area contributed by atoms with E-state index in [4.69, 9.17) is 43.4 Å². The molecule has 3 N–H and O–H groups in total. The first kappa shape index (κ1) is 22.8. The average molecular weight is 499 g/mol. The highest BCUT2D eigenvalue weighted by molar-refractivity contribution is 6.32. The van der Waals surface area contributed by atoms with E-state index in [-0.39, 0.29) is 6.42 Å². The number of fused-ring (bicyclic) bond motifs is 3. The molecule has 4 aromatic rings. The standard InChI is InChI=1S/C25H24Cl2N4O3/c26-5-8-34-22-4-1-15(11-19(22)27)20-12-16(13-23(28)32)24-25(29-20)18-3-2-17(14-21(18)30-24)31-6-9-33-10-7-31/h1-4,11-12,14,30H,5-10,13H2,(H2,28,32). The van der Waals surface area contributed by atoms with Crippen molar-refractivity contribution >= 4 is 56.7 Å². The van der Waals surface area contributed by atoms with Crippen LogP contribution in [0.3, 0.4) is 0 Å². The van der Waals surface area contributed by atoms with Crippen molar-refractivity contribution in [2.75, 3.05) is 43.7 Å². The van der Waals surface area contributed by atoms with Crippen LogP contribution >= 0.6 is 23.2 Å². The van der Waals surface area contributed by atoms with Crippen molar-refractivity contribution in [3.8, 4) is 17.0 Å². The number of nitrogens with zero attached hydrogens (tertiary/aromatic N) is 2. The Labute approximate surface area is 206 Å². The molecule has 2 aromatic heterocycles. The van der Waals surface area contributed by atoms with Crippen molar-refractivity contribution in [2.24, 2.45) is 5.73 Å². The minimum atomic E-state index is -0.408. The number of benzene rings is 2. The van der Waals surface area contributed by atoms with Crippen LogP contribution < -0.4 is 15.4 Å². The van der Waals surface area contributed by atoms with Gasteiger partial charge < -0.3 is 25.1 Å². The third kappa shape index (κ3) is 4.51. The topological polar surface area (TPSA) is 93.5 Å². The average Bonchev–Trinajstić information content (AvgIpc) is 3.22. The number of halogens is 2. The summed E-state index contributed by atoms with van der Waals surface area (Å²) in [4.78, 5) is 22.6. The van der Waals surface area contributed by atoms with E-state index in [0.717, 1.165) is 65.1 Å². The first-order valence-corrected chi connectivity index (χ1v) is 12.0. The molecule has 7 nitrogen and oxygen atoms in total. The summed E-state index contributed by atoms with van der Waals surface area (Å²) in [6.45, 7) is 3.52. The maximum absolute atomic E-state index is 11.9. The highest BCUT2D eigenvalue weighted by Crippen LogP contribution is 2.35. The van der Waals surface area contributed by atoms with Crippen LogP contribution in [0.15, 0.2) is 42.5 Å². The summed E-state index contributed by atoms with van der Waals surface area (Å²) in [6.07, 6.45) is 0.0970. The number of primary amides is 1. The molecule has 2 aromatic carbocycles. The van der Waals surface area contributed by atoms with E-state index in [9.17, 15) is 4.79 Å². The van der Waals surface area contributed by atoms with Gasteiger partial charge >= 0.3 is 0 Å². The molecule has 176 valence electrons. The monoisotopic (exact) mass is 498 g/mol. The van der Waals surface area contributed by atoms with E-state index >= 15 is 0 Å². The van der Waals surface area contributed by atoms with E-state index in [0.29, 0.717) is 29.0 Å². The highest BCUT2D eigenvalue weighted by Gasteiger charge is 2.17. The number of alkyl halides is 1. The van der Waals surface area contributed by atoms with Gasteiger partial charge in [0.15, 0.2) is 0 Å². The highest BCUT2D eigenvalue weighted by atomic mass is 35.5. The van der Waals surface area contributed by atoms with Crippen molar-refractivity contribution in [3.05, 3.63) is 53.1 Å². The van der Waals surface area contributed by atoms with Gasteiger partial charge in [-0.1, -0.05) is 11.6 Å². The molecule has 0 radical (unpaired) electrons. The van der Waals surface area contributed by atoms with E-state index in [1.165, 1.54) is 0 Å². The summed E-state index contributed by atoms with van der Waals surface area (Å²) in [5, 5.41) is 1.45.